The summed E-state index contributed by atoms with van der Waals surface area (Å²) in [5, 5.41) is 45.4. The van der Waals surface area contributed by atoms with E-state index in [-0.39, 0.29) is 0 Å². The van der Waals surface area contributed by atoms with Gasteiger partial charge in [0.25, 0.3) is 0 Å². The van der Waals surface area contributed by atoms with E-state index in [1.807, 2.05) is 12.4 Å². The van der Waals surface area contributed by atoms with Crippen LogP contribution < -0.4 is 31.9 Å². The van der Waals surface area contributed by atoms with Crippen LogP contribution >= 0.6 is 0 Å². The standard InChI is InChI=1S/C14H25N13/c1-17-13(23-9-15)21-5-3-19-7-11-12(26-27-25-11)8-20-4-6-22-14(18-2)24-10-16/h19-20H,3-8H2,1-2H3,(H2,17,21,23)(H2,18,22,24)(H,25,26,27). The molecule has 1 aromatic rings. The van der Waals surface area contributed by atoms with Gasteiger partial charge < -0.3 is 21.3 Å². The molecule has 0 radical (unpaired) electrons. The molecule has 0 saturated carbocycles. The number of hydrogen-bond acceptors (Lipinski definition) is 8. The van der Waals surface area contributed by atoms with Crippen molar-refractivity contribution in [3.05, 3.63) is 11.4 Å². The molecule has 0 aromatic carbocycles. The van der Waals surface area contributed by atoms with Crippen molar-refractivity contribution in [2.75, 3.05) is 40.3 Å². The molecule has 0 aliphatic rings. The lowest BCUT2D eigenvalue weighted by Gasteiger charge is -2.09. The smallest absolute Gasteiger partial charge is 0.204 e. The Morgan fingerprint density at radius 2 is 1.30 bits per heavy atom. The maximum absolute atomic E-state index is 8.55. The third kappa shape index (κ3) is 9.01. The average Bonchev–Trinajstić information content (AvgIpc) is 3.13. The quantitative estimate of drug-likeness (QED) is 0.0744. The summed E-state index contributed by atoms with van der Waals surface area (Å²) in [6, 6.07) is 0. The van der Waals surface area contributed by atoms with Crippen molar-refractivity contribution in [3.63, 3.8) is 0 Å². The molecular formula is C14H25N13. The first-order valence-electron chi connectivity index (χ1n) is 8.26. The van der Waals surface area contributed by atoms with E-state index < -0.39 is 0 Å². The van der Waals surface area contributed by atoms with Gasteiger partial charge in [-0.25, -0.2) is 0 Å². The summed E-state index contributed by atoms with van der Waals surface area (Å²) in [6.07, 6.45) is 3.62. The first kappa shape index (κ1) is 21.6. The summed E-state index contributed by atoms with van der Waals surface area (Å²) >= 11 is 0. The Bertz CT molecular complexity index is 621. The van der Waals surface area contributed by atoms with Crippen LogP contribution in [0.1, 0.15) is 11.4 Å². The number of guanidine groups is 2. The van der Waals surface area contributed by atoms with Crippen molar-refractivity contribution < 1.29 is 0 Å². The molecule has 1 rings (SSSR count). The van der Waals surface area contributed by atoms with E-state index in [0.717, 1.165) is 11.4 Å². The zero-order valence-electron chi connectivity index (χ0n) is 15.4. The second-order valence-electron chi connectivity index (χ2n) is 5.04. The third-order valence-corrected chi connectivity index (χ3v) is 3.27. The third-order valence-electron chi connectivity index (χ3n) is 3.27. The van der Waals surface area contributed by atoms with Crippen molar-refractivity contribution in [3.8, 4) is 12.4 Å². The van der Waals surface area contributed by atoms with Crippen molar-refractivity contribution in [2.24, 2.45) is 9.98 Å². The SMILES string of the molecule is CN=C(NC#N)NCCNCc1n[nH]nc1CNCCNC(=NC)NC#N. The predicted octanol–water partition coefficient (Wildman–Crippen LogP) is -2.72. The van der Waals surface area contributed by atoms with Crippen LogP contribution in [0, 0.1) is 22.9 Å². The molecule has 0 spiro atoms. The molecule has 0 amide bonds. The van der Waals surface area contributed by atoms with Crippen molar-refractivity contribution in [1.29, 1.82) is 10.5 Å². The van der Waals surface area contributed by atoms with Crippen molar-refractivity contribution >= 4 is 11.9 Å². The lowest BCUT2D eigenvalue weighted by Crippen LogP contribution is -2.38. The van der Waals surface area contributed by atoms with Gasteiger partial charge in [-0.3, -0.25) is 20.6 Å². The lowest BCUT2D eigenvalue weighted by molar-refractivity contribution is 0.633. The number of hydrogen-bond donors (Lipinski definition) is 7. The minimum atomic E-state index is 0.431. The van der Waals surface area contributed by atoms with Crippen LogP contribution in [0.2, 0.25) is 0 Å². The van der Waals surface area contributed by atoms with E-state index in [4.69, 9.17) is 10.5 Å². The number of aromatic amines is 1. The van der Waals surface area contributed by atoms with Gasteiger partial charge in [0.1, 0.15) is 11.4 Å². The van der Waals surface area contributed by atoms with Gasteiger partial charge >= 0.3 is 0 Å². The molecular weight excluding hydrogens is 350 g/mol. The highest BCUT2D eigenvalue weighted by Gasteiger charge is 2.07. The summed E-state index contributed by atoms with van der Waals surface area (Å²) in [6.45, 7) is 3.68. The molecule has 0 bridgehead atoms. The molecule has 13 nitrogen and oxygen atoms in total. The highest BCUT2D eigenvalue weighted by Crippen LogP contribution is 1.99. The fourth-order valence-corrected chi connectivity index (χ4v) is 1.97. The number of nitriles is 2. The maximum Gasteiger partial charge on any atom is 0.204 e. The molecule has 7 N–H and O–H groups in total. The zero-order chi connectivity index (χ0) is 19.7. The zero-order valence-corrected chi connectivity index (χ0v) is 15.4. The lowest BCUT2D eigenvalue weighted by atomic mass is 10.3. The Hall–Kier alpha value is -3.42. The van der Waals surface area contributed by atoms with Crippen LogP contribution in [0.25, 0.3) is 0 Å². The second kappa shape index (κ2) is 13.8. The van der Waals surface area contributed by atoms with Crippen LogP contribution in [0.5, 0.6) is 0 Å². The van der Waals surface area contributed by atoms with Crippen LogP contribution in [-0.4, -0.2) is 67.6 Å². The summed E-state index contributed by atoms with van der Waals surface area (Å²) in [7, 11) is 3.19. The summed E-state index contributed by atoms with van der Waals surface area (Å²) in [5.74, 6) is 0.862. The number of nitrogens with zero attached hydrogens (tertiary/aromatic N) is 6. The van der Waals surface area contributed by atoms with Gasteiger partial charge in [0.2, 0.25) is 11.9 Å². The normalized spacial score (nSPS) is 11.4. The molecule has 27 heavy (non-hydrogen) atoms. The van der Waals surface area contributed by atoms with Gasteiger partial charge in [-0.1, -0.05) is 0 Å². The van der Waals surface area contributed by atoms with Crippen LogP contribution in [0.3, 0.4) is 0 Å². The van der Waals surface area contributed by atoms with E-state index >= 15 is 0 Å². The largest absolute Gasteiger partial charge is 0.354 e. The van der Waals surface area contributed by atoms with Crippen LogP contribution in [0.15, 0.2) is 9.98 Å². The number of aromatic nitrogens is 3. The molecule has 0 aliphatic carbocycles. The molecule has 0 fully saturated rings. The van der Waals surface area contributed by atoms with Crippen molar-refractivity contribution in [1.82, 2.24) is 47.3 Å². The predicted molar refractivity (Wildman–Crippen MR) is 100 cm³/mol. The fourth-order valence-electron chi connectivity index (χ4n) is 1.97. The number of aliphatic imine (C=N–C) groups is 2. The maximum atomic E-state index is 8.55. The minimum Gasteiger partial charge on any atom is -0.354 e. The Balaban J connectivity index is 2.21. The topological polar surface area (TPSA) is 186 Å². The van der Waals surface area contributed by atoms with Crippen LogP contribution in [0.4, 0.5) is 0 Å². The molecule has 0 aliphatic heterocycles. The molecule has 1 aromatic heterocycles. The first-order valence-corrected chi connectivity index (χ1v) is 8.26. The molecule has 13 heteroatoms. The summed E-state index contributed by atoms with van der Waals surface area (Å²) < 4.78 is 0. The van der Waals surface area contributed by atoms with E-state index in [1.165, 1.54) is 0 Å². The fraction of sp³-hybridized carbons (Fsp3) is 0.571. The Labute approximate surface area is 157 Å². The van der Waals surface area contributed by atoms with Gasteiger partial charge in [-0.2, -0.15) is 25.9 Å². The van der Waals surface area contributed by atoms with Gasteiger partial charge in [-0.05, 0) is 0 Å². The first-order chi connectivity index (χ1) is 13.2. The highest BCUT2D eigenvalue weighted by molar-refractivity contribution is 5.81. The number of rotatable bonds is 10. The number of H-pyrrole nitrogens is 1. The molecule has 0 unspecified atom stereocenters. The van der Waals surface area contributed by atoms with Gasteiger partial charge in [-0.15, -0.1) is 0 Å². The summed E-state index contributed by atoms with van der Waals surface area (Å²) in [4.78, 5) is 7.78. The van der Waals surface area contributed by atoms with Gasteiger partial charge in [0.05, 0.1) is 0 Å². The van der Waals surface area contributed by atoms with Crippen LogP contribution in [-0.2, 0) is 13.1 Å². The molecule has 1 heterocycles. The Morgan fingerprint density at radius 3 is 1.67 bits per heavy atom. The second-order valence-corrected chi connectivity index (χ2v) is 5.04. The van der Waals surface area contributed by atoms with Crippen molar-refractivity contribution in [2.45, 2.75) is 13.1 Å². The molecule has 0 saturated heterocycles. The van der Waals surface area contributed by atoms with E-state index in [2.05, 4.69) is 57.3 Å². The molecule has 0 atom stereocenters. The van der Waals surface area contributed by atoms with Gasteiger partial charge in [0.15, 0.2) is 12.4 Å². The highest BCUT2D eigenvalue weighted by atomic mass is 15.3. The number of nitrogens with one attached hydrogen (secondary N) is 7. The summed E-state index contributed by atoms with van der Waals surface area (Å²) in [5.41, 5.74) is 1.66. The average molecular weight is 375 g/mol. The monoisotopic (exact) mass is 375 g/mol. The van der Waals surface area contributed by atoms with E-state index in [9.17, 15) is 0 Å². The van der Waals surface area contributed by atoms with E-state index in [1.54, 1.807) is 14.1 Å². The molecule has 146 valence electrons. The Kier molecular flexibility index (Phi) is 11.1. The Morgan fingerprint density at radius 1 is 0.852 bits per heavy atom. The van der Waals surface area contributed by atoms with E-state index in [0.29, 0.717) is 51.2 Å². The van der Waals surface area contributed by atoms with Gasteiger partial charge in [0, 0.05) is 53.4 Å². The minimum absolute atomic E-state index is 0.431.